The van der Waals surface area contributed by atoms with E-state index in [1.165, 1.54) is 43.2 Å². The van der Waals surface area contributed by atoms with Gasteiger partial charge in [0.2, 0.25) is 0 Å². The molecule has 1 nitrogen and oxygen atoms in total. The van der Waals surface area contributed by atoms with Gasteiger partial charge in [0.15, 0.2) is 0 Å². The molecule has 0 bridgehead atoms. The number of benzene rings is 1. The van der Waals surface area contributed by atoms with E-state index in [2.05, 4.69) is 49.5 Å². The summed E-state index contributed by atoms with van der Waals surface area (Å²) < 4.78 is 0. The van der Waals surface area contributed by atoms with Gasteiger partial charge < -0.3 is 5.32 Å². The molecular weight excluding hydrogens is 218 g/mol. The summed E-state index contributed by atoms with van der Waals surface area (Å²) in [6, 6.07) is 9.11. The number of rotatable bonds is 5. The second-order valence-electron chi connectivity index (χ2n) is 5.39. The van der Waals surface area contributed by atoms with Gasteiger partial charge in [-0.05, 0) is 63.6 Å². The van der Waals surface area contributed by atoms with Crippen molar-refractivity contribution in [1.29, 1.82) is 0 Å². The Labute approximate surface area is 111 Å². The molecular formula is C17H25N. The summed E-state index contributed by atoms with van der Waals surface area (Å²) in [5.74, 6) is 0. The monoisotopic (exact) mass is 243 g/mol. The predicted molar refractivity (Wildman–Crippen MR) is 78.8 cm³/mol. The highest BCUT2D eigenvalue weighted by Gasteiger charge is 2.08. The smallest absolute Gasteiger partial charge is 0.0294 e. The molecule has 0 amide bonds. The largest absolute Gasteiger partial charge is 0.310 e. The number of allylic oxidation sites excluding steroid dienone is 1. The third-order valence-electron chi connectivity index (χ3n) is 3.94. The molecule has 1 aromatic carbocycles. The van der Waals surface area contributed by atoms with Crippen LogP contribution in [0.25, 0.3) is 0 Å². The topological polar surface area (TPSA) is 12.0 Å². The fourth-order valence-corrected chi connectivity index (χ4v) is 2.76. The number of aryl methyl sites for hydroxylation is 1. The molecule has 0 fully saturated rings. The van der Waals surface area contributed by atoms with Crippen molar-refractivity contribution < 1.29 is 0 Å². The zero-order valence-corrected chi connectivity index (χ0v) is 11.7. The van der Waals surface area contributed by atoms with E-state index in [-0.39, 0.29) is 0 Å². The third-order valence-corrected chi connectivity index (χ3v) is 3.94. The average molecular weight is 243 g/mol. The third kappa shape index (κ3) is 3.71. The van der Waals surface area contributed by atoms with Crippen LogP contribution in [0.3, 0.4) is 0 Å². The molecule has 1 atom stereocenters. The maximum atomic E-state index is 3.65. The second-order valence-corrected chi connectivity index (χ2v) is 5.39. The summed E-state index contributed by atoms with van der Waals surface area (Å²) >= 11 is 0. The van der Waals surface area contributed by atoms with Gasteiger partial charge in [-0.3, -0.25) is 0 Å². The van der Waals surface area contributed by atoms with E-state index in [0.717, 1.165) is 6.54 Å². The van der Waals surface area contributed by atoms with Crippen molar-refractivity contribution in [2.24, 2.45) is 0 Å². The minimum absolute atomic E-state index is 0.454. The van der Waals surface area contributed by atoms with Crippen LogP contribution in [0, 0.1) is 6.92 Å². The molecule has 0 saturated carbocycles. The summed E-state index contributed by atoms with van der Waals surface area (Å²) in [6.45, 7) is 5.55. The highest BCUT2D eigenvalue weighted by atomic mass is 14.9. The fraction of sp³-hybridized carbons (Fsp3) is 0.529. The van der Waals surface area contributed by atoms with Gasteiger partial charge in [-0.2, -0.15) is 0 Å². The first-order chi connectivity index (χ1) is 8.77. The molecule has 1 N–H and O–H groups in total. The van der Waals surface area contributed by atoms with E-state index < -0.39 is 0 Å². The van der Waals surface area contributed by atoms with E-state index in [0.29, 0.717) is 6.04 Å². The van der Waals surface area contributed by atoms with Crippen LogP contribution in [-0.4, -0.2) is 6.54 Å². The highest BCUT2D eigenvalue weighted by Crippen LogP contribution is 2.20. The van der Waals surface area contributed by atoms with Crippen molar-refractivity contribution >= 4 is 0 Å². The first-order valence-corrected chi connectivity index (χ1v) is 7.24. The van der Waals surface area contributed by atoms with Crippen LogP contribution >= 0.6 is 0 Å². The fourth-order valence-electron chi connectivity index (χ4n) is 2.76. The molecule has 18 heavy (non-hydrogen) atoms. The second kappa shape index (κ2) is 6.75. The number of nitrogens with one attached hydrogen (secondary N) is 1. The van der Waals surface area contributed by atoms with E-state index in [9.17, 15) is 0 Å². The molecule has 0 aliphatic heterocycles. The maximum Gasteiger partial charge on any atom is 0.0294 e. The molecule has 1 aromatic rings. The lowest BCUT2D eigenvalue weighted by atomic mass is 9.97. The van der Waals surface area contributed by atoms with Gasteiger partial charge in [-0.15, -0.1) is 0 Å². The molecule has 1 unspecified atom stereocenters. The SMILES string of the molecule is Cc1ccccc1C(C)NCCC1=CCCCC1. The molecule has 1 aliphatic carbocycles. The van der Waals surface area contributed by atoms with E-state index >= 15 is 0 Å². The standard InChI is InChI=1S/C17H25N/c1-14-8-6-7-11-17(14)15(2)18-13-12-16-9-4-3-5-10-16/h6-9,11,15,18H,3-5,10,12-13H2,1-2H3. The first kappa shape index (κ1) is 13.4. The van der Waals surface area contributed by atoms with E-state index in [1.807, 2.05) is 0 Å². The Hall–Kier alpha value is -1.08. The molecule has 0 saturated heterocycles. The average Bonchev–Trinajstić information content (AvgIpc) is 2.40. The molecule has 0 spiro atoms. The Balaban J connectivity index is 1.80. The van der Waals surface area contributed by atoms with Gasteiger partial charge in [0, 0.05) is 6.04 Å². The minimum Gasteiger partial charge on any atom is -0.310 e. The lowest BCUT2D eigenvalue weighted by Gasteiger charge is -2.18. The highest BCUT2D eigenvalue weighted by molar-refractivity contribution is 5.28. The van der Waals surface area contributed by atoms with Crippen LogP contribution in [0.2, 0.25) is 0 Å². The number of hydrogen-bond acceptors (Lipinski definition) is 1. The van der Waals surface area contributed by atoms with Crippen molar-refractivity contribution in [2.45, 2.75) is 52.0 Å². The Kier molecular flexibility index (Phi) is 5.00. The van der Waals surface area contributed by atoms with Crippen LogP contribution in [0.4, 0.5) is 0 Å². The normalized spacial score (nSPS) is 17.3. The van der Waals surface area contributed by atoms with Crippen LogP contribution in [0.15, 0.2) is 35.9 Å². The van der Waals surface area contributed by atoms with Crippen molar-refractivity contribution in [2.75, 3.05) is 6.54 Å². The Morgan fingerprint density at radius 1 is 1.22 bits per heavy atom. The zero-order chi connectivity index (χ0) is 12.8. The molecule has 0 aromatic heterocycles. The van der Waals surface area contributed by atoms with Gasteiger partial charge in [-0.25, -0.2) is 0 Å². The molecule has 2 rings (SSSR count). The molecule has 0 radical (unpaired) electrons. The summed E-state index contributed by atoms with van der Waals surface area (Å²) in [6.07, 6.45) is 9.05. The number of hydrogen-bond donors (Lipinski definition) is 1. The summed E-state index contributed by atoms with van der Waals surface area (Å²) in [5.41, 5.74) is 4.47. The molecule has 98 valence electrons. The van der Waals surface area contributed by atoms with Crippen LogP contribution in [0.1, 0.15) is 56.2 Å². The van der Waals surface area contributed by atoms with Crippen molar-refractivity contribution in [3.8, 4) is 0 Å². The quantitative estimate of drug-likeness (QED) is 0.749. The van der Waals surface area contributed by atoms with Crippen LogP contribution < -0.4 is 5.32 Å². The van der Waals surface area contributed by atoms with Crippen molar-refractivity contribution in [1.82, 2.24) is 5.32 Å². The Morgan fingerprint density at radius 3 is 2.78 bits per heavy atom. The first-order valence-electron chi connectivity index (χ1n) is 7.24. The Bertz CT molecular complexity index is 406. The molecule has 1 heteroatoms. The lowest BCUT2D eigenvalue weighted by Crippen LogP contribution is -2.21. The van der Waals surface area contributed by atoms with Gasteiger partial charge in [0.1, 0.15) is 0 Å². The summed E-state index contributed by atoms with van der Waals surface area (Å²) in [7, 11) is 0. The maximum absolute atomic E-state index is 3.65. The van der Waals surface area contributed by atoms with Gasteiger partial charge in [0.25, 0.3) is 0 Å². The molecule has 0 heterocycles. The predicted octanol–water partition coefficient (Wildman–Crippen LogP) is 4.54. The van der Waals surface area contributed by atoms with Gasteiger partial charge in [-0.1, -0.05) is 35.9 Å². The van der Waals surface area contributed by atoms with Gasteiger partial charge in [0.05, 0.1) is 0 Å². The summed E-state index contributed by atoms with van der Waals surface area (Å²) in [5, 5.41) is 3.65. The zero-order valence-electron chi connectivity index (χ0n) is 11.7. The van der Waals surface area contributed by atoms with Crippen LogP contribution in [-0.2, 0) is 0 Å². The lowest BCUT2D eigenvalue weighted by molar-refractivity contribution is 0.560. The molecule has 1 aliphatic rings. The van der Waals surface area contributed by atoms with Crippen LogP contribution in [0.5, 0.6) is 0 Å². The Morgan fingerprint density at radius 2 is 2.06 bits per heavy atom. The summed E-state index contributed by atoms with van der Waals surface area (Å²) in [4.78, 5) is 0. The van der Waals surface area contributed by atoms with Gasteiger partial charge >= 0.3 is 0 Å². The van der Waals surface area contributed by atoms with Crippen molar-refractivity contribution in [3.05, 3.63) is 47.0 Å². The van der Waals surface area contributed by atoms with E-state index in [1.54, 1.807) is 5.57 Å². The minimum atomic E-state index is 0.454. The van der Waals surface area contributed by atoms with E-state index in [4.69, 9.17) is 0 Å². The van der Waals surface area contributed by atoms with Crippen molar-refractivity contribution in [3.63, 3.8) is 0 Å².